The van der Waals surface area contributed by atoms with Gasteiger partial charge in [0.25, 0.3) is 0 Å². The summed E-state index contributed by atoms with van der Waals surface area (Å²) < 4.78 is 13.6. The summed E-state index contributed by atoms with van der Waals surface area (Å²) in [6, 6.07) is 4.56. The molecule has 0 spiro atoms. The third kappa shape index (κ3) is 4.92. The summed E-state index contributed by atoms with van der Waals surface area (Å²) in [6.07, 6.45) is 0.198. The summed E-state index contributed by atoms with van der Waals surface area (Å²) in [7, 11) is 0. The van der Waals surface area contributed by atoms with E-state index in [1.54, 1.807) is 19.1 Å². The van der Waals surface area contributed by atoms with E-state index in [0.717, 1.165) is 6.54 Å². The third-order valence-corrected chi connectivity index (χ3v) is 3.03. The van der Waals surface area contributed by atoms with E-state index in [2.05, 4.69) is 19.2 Å². The van der Waals surface area contributed by atoms with Crippen molar-refractivity contribution >= 4 is 11.6 Å². The minimum absolute atomic E-state index is 0.198. The van der Waals surface area contributed by atoms with Gasteiger partial charge >= 0.3 is 0 Å². The largest absolute Gasteiger partial charge is 0.389 e. The predicted molar refractivity (Wildman–Crippen MR) is 73.4 cm³/mol. The molecule has 0 heterocycles. The molecule has 1 atom stereocenters. The number of hydrogen-bond acceptors (Lipinski definition) is 2. The summed E-state index contributed by atoms with van der Waals surface area (Å²) in [5.41, 5.74) is -0.642. The third-order valence-electron chi connectivity index (χ3n) is 2.68. The van der Waals surface area contributed by atoms with E-state index >= 15 is 0 Å². The Labute approximate surface area is 113 Å². The van der Waals surface area contributed by atoms with Gasteiger partial charge in [-0.15, -0.1) is 0 Å². The van der Waals surface area contributed by atoms with Crippen LogP contribution in [-0.4, -0.2) is 23.8 Å². The molecule has 0 bridgehead atoms. The Balaban J connectivity index is 2.64. The van der Waals surface area contributed by atoms with Crippen LogP contribution in [-0.2, 0) is 6.42 Å². The molecular weight excluding hydrogens is 253 g/mol. The van der Waals surface area contributed by atoms with Gasteiger partial charge in [-0.3, -0.25) is 0 Å². The Bertz CT molecular complexity index is 373. The van der Waals surface area contributed by atoms with Gasteiger partial charge in [0, 0.05) is 23.6 Å². The molecule has 102 valence electrons. The van der Waals surface area contributed by atoms with E-state index in [1.807, 2.05) is 0 Å². The molecule has 0 aromatic heterocycles. The molecule has 2 nitrogen and oxygen atoms in total. The molecule has 1 unspecified atom stereocenters. The first-order chi connectivity index (χ1) is 8.32. The Morgan fingerprint density at radius 1 is 1.44 bits per heavy atom. The van der Waals surface area contributed by atoms with Crippen LogP contribution in [0.25, 0.3) is 0 Å². The lowest BCUT2D eigenvalue weighted by atomic mass is 9.96. The van der Waals surface area contributed by atoms with Crippen molar-refractivity contribution in [2.24, 2.45) is 5.92 Å². The second-order valence-electron chi connectivity index (χ2n) is 5.40. The fraction of sp³-hybridized carbons (Fsp3) is 0.571. The van der Waals surface area contributed by atoms with Crippen molar-refractivity contribution in [3.8, 4) is 0 Å². The SMILES string of the molecule is CC(C)CNCC(C)(O)Cc1c(F)cccc1Cl. The van der Waals surface area contributed by atoms with Crippen molar-refractivity contribution in [1.82, 2.24) is 5.32 Å². The fourth-order valence-electron chi connectivity index (χ4n) is 1.77. The molecule has 0 radical (unpaired) electrons. The molecular formula is C14H21ClFNO. The number of benzene rings is 1. The monoisotopic (exact) mass is 273 g/mol. The topological polar surface area (TPSA) is 32.3 Å². The van der Waals surface area contributed by atoms with E-state index in [4.69, 9.17) is 11.6 Å². The zero-order valence-corrected chi connectivity index (χ0v) is 11.9. The van der Waals surface area contributed by atoms with Crippen LogP contribution >= 0.6 is 11.6 Å². The van der Waals surface area contributed by atoms with Crippen molar-refractivity contribution in [2.75, 3.05) is 13.1 Å². The van der Waals surface area contributed by atoms with Gasteiger partial charge < -0.3 is 10.4 Å². The normalized spacial score (nSPS) is 14.8. The van der Waals surface area contributed by atoms with E-state index in [0.29, 0.717) is 23.0 Å². The summed E-state index contributed by atoms with van der Waals surface area (Å²) in [6.45, 7) is 7.10. The van der Waals surface area contributed by atoms with Crippen LogP contribution in [0.2, 0.25) is 5.02 Å². The van der Waals surface area contributed by atoms with E-state index in [1.165, 1.54) is 6.07 Å². The lowest BCUT2D eigenvalue weighted by Crippen LogP contribution is -2.41. The lowest BCUT2D eigenvalue weighted by Gasteiger charge is -2.25. The maximum absolute atomic E-state index is 13.6. The molecule has 1 rings (SSSR count). The zero-order chi connectivity index (χ0) is 13.8. The summed E-state index contributed by atoms with van der Waals surface area (Å²) in [4.78, 5) is 0. The highest BCUT2D eigenvalue weighted by Crippen LogP contribution is 2.23. The van der Waals surface area contributed by atoms with Crippen molar-refractivity contribution in [3.05, 3.63) is 34.6 Å². The lowest BCUT2D eigenvalue weighted by molar-refractivity contribution is 0.0587. The van der Waals surface area contributed by atoms with Crippen molar-refractivity contribution in [2.45, 2.75) is 32.8 Å². The van der Waals surface area contributed by atoms with Crippen LogP contribution in [0.4, 0.5) is 4.39 Å². The Morgan fingerprint density at radius 3 is 2.67 bits per heavy atom. The van der Waals surface area contributed by atoms with Crippen molar-refractivity contribution in [3.63, 3.8) is 0 Å². The Kier molecular flexibility index (Phi) is 5.57. The van der Waals surface area contributed by atoms with Crippen LogP contribution in [0.3, 0.4) is 0 Å². The molecule has 0 aliphatic carbocycles. The molecule has 1 aromatic rings. The summed E-state index contributed by atoms with van der Waals surface area (Å²) >= 11 is 5.95. The second-order valence-corrected chi connectivity index (χ2v) is 5.81. The average Bonchev–Trinajstić information content (AvgIpc) is 2.23. The van der Waals surface area contributed by atoms with Gasteiger partial charge in [0.15, 0.2) is 0 Å². The molecule has 0 fully saturated rings. The molecule has 2 N–H and O–H groups in total. The molecule has 0 aliphatic heterocycles. The maximum atomic E-state index is 13.6. The van der Waals surface area contributed by atoms with Gasteiger partial charge in [0.2, 0.25) is 0 Å². The number of hydrogen-bond donors (Lipinski definition) is 2. The minimum Gasteiger partial charge on any atom is -0.389 e. The number of aliphatic hydroxyl groups is 1. The Hall–Kier alpha value is -0.640. The summed E-state index contributed by atoms with van der Waals surface area (Å²) in [5.74, 6) is 0.143. The van der Waals surface area contributed by atoms with Crippen molar-refractivity contribution in [1.29, 1.82) is 0 Å². The highest BCUT2D eigenvalue weighted by molar-refractivity contribution is 6.31. The van der Waals surface area contributed by atoms with Crippen LogP contribution in [0, 0.1) is 11.7 Å². The van der Waals surface area contributed by atoms with Crippen molar-refractivity contribution < 1.29 is 9.50 Å². The van der Waals surface area contributed by atoms with Crippen LogP contribution in [0.5, 0.6) is 0 Å². The van der Waals surface area contributed by atoms with E-state index < -0.39 is 5.60 Å². The molecule has 0 amide bonds. The average molecular weight is 274 g/mol. The molecule has 0 aliphatic rings. The first kappa shape index (κ1) is 15.4. The number of rotatable bonds is 6. The zero-order valence-electron chi connectivity index (χ0n) is 11.1. The molecule has 4 heteroatoms. The van der Waals surface area contributed by atoms with Gasteiger partial charge in [0.05, 0.1) is 5.60 Å². The van der Waals surface area contributed by atoms with Crippen LogP contribution in [0.15, 0.2) is 18.2 Å². The van der Waals surface area contributed by atoms with Crippen LogP contribution in [0.1, 0.15) is 26.3 Å². The number of halogens is 2. The highest BCUT2D eigenvalue weighted by atomic mass is 35.5. The van der Waals surface area contributed by atoms with Gasteiger partial charge in [-0.2, -0.15) is 0 Å². The van der Waals surface area contributed by atoms with E-state index in [9.17, 15) is 9.50 Å². The standard InChI is InChI=1S/C14H21ClFNO/c1-10(2)8-17-9-14(3,18)7-11-12(15)5-4-6-13(11)16/h4-6,10,17-18H,7-9H2,1-3H3. The first-order valence-corrected chi connectivity index (χ1v) is 6.55. The van der Waals surface area contributed by atoms with Crippen LogP contribution < -0.4 is 5.32 Å². The fourth-order valence-corrected chi connectivity index (χ4v) is 2.00. The van der Waals surface area contributed by atoms with Gasteiger partial charge in [0.1, 0.15) is 5.82 Å². The number of nitrogens with one attached hydrogen (secondary N) is 1. The van der Waals surface area contributed by atoms with Gasteiger partial charge in [-0.1, -0.05) is 31.5 Å². The first-order valence-electron chi connectivity index (χ1n) is 6.18. The predicted octanol–water partition coefficient (Wildman–Crippen LogP) is 3.02. The molecule has 18 heavy (non-hydrogen) atoms. The van der Waals surface area contributed by atoms with E-state index in [-0.39, 0.29) is 12.2 Å². The molecule has 0 saturated carbocycles. The smallest absolute Gasteiger partial charge is 0.127 e. The molecule has 0 saturated heterocycles. The maximum Gasteiger partial charge on any atom is 0.127 e. The molecule has 1 aromatic carbocycles. The minimum atomic E-state index is -1.01. The highest BCUT2D eigenvalue weighted by Gasteiger charge is 2.23. The summed E-state index contributed by atoms with van der Waals surface area (Å²) in [5, 5.41) is 13.8. The quantitative estimate of drug-likeness (QED) is 0.835. The Morgan fingerprint density at radius 2 is 2.11 bits per heavy atom. The second kappa shape index (κ2) is 6.50. The van der Waals surface area contributed by atoms with Gasteiger partial charge in [-0.05, 0) is 31.5 Å². The van der Waals surface area contributed by atoms with Gasteiger partial charge in [-0.25, -0.2) is 4.39 Å².